The number of rotatable bonds is 6. The third-order valence-corrected chi connectivity index (χ3v) is 4.90. The van der Waals surface area contributed by atoms with E-state index in [-0.39, 0.29) is 5.91 Å². The van der Waals surface area contributed by atoms with E-state index < -0.39 is 0 Å². The Hall–Kier alpha value is -2.07. The van der Waals surface area contributed by atoms with Crippen LogP contribution in [0.3, 0.4) is 0 Å². The van der Waals surface area contributed by atoms with Crippen LogP contribution in [0.2, 0.25) is 5.02 Å². The van der Waals surface area contributed by atoms with E-state index in [0.717, 1.165) is 43.8 Å². The fourth-order valence-electron chi connectivity index (χ4n) is 3.13. The molecule has 26 heavy (non-hydrogen) atoms. The van der Waals surface area contributed by atoms with E-state index in [1.165, 1.54) is 0 Å². The Morgan fingerprint density at radius 1 is 1.35 bits per heavy atom. The molecule has 1 amide bonds. The van der Waals surface area contributed by atoms with Gasteiger partial charge in [-0.2, -0.15) is 5.26 Å². The van der Waals surface area contributed by atoms with Crippen molar-refractivity contribution in [2.45, 2.75) is 13.3 Å². The maximum atomic E-state index is 13.0. The normalized spacial score (nSPS) is 15.1. The minimum Gasteiger partial charge on any atom is -0.451 e. The van der Waals surface area contributed by atoms with Gasteiger partial charge in [0.25, 0.3) is 5.91 Å². The molecular weight excluding hydrogens is 354 g/mol. The minimum absolute atomic E-state index is 0.182. The summed E-state index contributed by atoms with van der Waals surface area (Å²) in [6, 6.07) is 7.44. The second kappa shape index (κ2) is 8.54. The maximum absolute atomic E-state index is 13.0. The molecule has 1 aliphatic heterocycles. The number of carbonyl (C=O) groups is 1. The van der Waals surface area contributed by atoms with Crippen molar-refractivity contribution in [3.8, 4) is 6.07 Å². The summed E-state index contributed by atoms with van der Waals surface area (Å²) in [6.45, 7) is 6.72. The van der Waals surface area contributed by atoms with E-state index in [9.17, 15) is 4.79 Å². The number of ether oxygens (including phenoxy) is 1. The number of hydrogen-bond acceptors (Lipinski definition) is 5. The number of aryl methyl sites for hydroxylation is 1. The highest BCUT2D eigenvalue weighted by Gasteiger charge is 2.24. The summed E-state index contributed by atoms with van der Waals surface area (Å²) in [5.74, 6) is 0.139. The van der Waals surface area contributed by atoms with Crippen molar-refractivity contribution in [2.75, 3.05) is 45.9 Å². The molecule has 0 bridgehead atoms. The van der Waals surface area contributed by atoms with Gasteiger partial charge in [-0.25, -0.2) is 0 Å². The predicted octanol–water partition coefficient (Wildman–Crippen LogP) is 3.08. The number of furan rings is 1. The van der Waals surface area contributed by atoms with Gasteiger partial charge in [0.1, 0.15) is 5.58 Å². The SMILES string of the molecule is Cc1c(C(=O)N(CCC#N)CCN2CCOCC2)oc2ccc(Cl)cc12. The molecule has 1 aliphatic rings. The molecule has 7 heteroatoms. The van der Waals surface area contributed by atoms with Gasteiger partial charge in [-0.05, 0) is 25.1 Å². The smallest absolute Gasteiger partial charge is 0.289 e. The summed E-state index contributed by atoms with van der Waals surface area (Å²) in [5.41, 5.74) is 1.42. The van der Waals surface area contributed by atoms with Crippen molar-refractivity contribution in [3.63, 3.8) is 0 Å². The lowest BCUT2D eigenvalue weighted by atomic mass is 10.1. The first-order valence-corrected chi connectivity index (χ1v) is 9.13. The molecule has 0 spiro atoms. The zero-order valence-corrected chi connectivity index (χ0v) is 15.6. The van der Waals surface area contributed by atoms with Crippen LogP contribution in [0.1, 0.15) is 22.5 Å². The molecule has 138 valence electrons. The van der Waals surface area contributed by atoms with Crippen LogP contribution < -0.4 is 0 Å². The molecule has 0 aliphatic carbocycles. The highest BCUT2D eigenvalue weighted by molar-refractivity contribution is 6.31. The van der Waals surface area contributed by atoms with Crippen molar-refractivity contribution in [2.24, 2.45) is 0 Å². The lowest BCUT2D eigenvalue weighted by Crippen LogP contribution is -2.43. The van der Waals surface area contributed by atoms with E-state index in [1.807, 2.05) is 6.92 Å². The summed E-state index contributed by atoms with van der Waals surface area (Å²) in [7, 11) is 0. The molecule has 0 saturated carbocycles. The Morgan fingerprint density at radius 2 is 2.12 bits per heavy atom. The van der Waals surface area contributed by atoms with Crippen LogP contribution in [0.15, 0.2) is 22.6 Å². The number of hydrogen-bond donors (Lipinski definition) is 0. The fraction of sp³-hybridized carbons (Fsp3) is 0.474. The Kier molecular flexibility index (Phi) is 6.15. The van der Waals surface area contributed by atoms with E-state index in [4.69, 9.17) is 26.0 Å². The summed E-state index contributed by atoms with van der Waals surface area (Å²) in [4.78, 5) is 17.0. The van der Waals surface area contributed by atoms with Crippen molar-refractivity contribution in [3.05, 3.63) is 34.5 Å². The molecular formula is C19H22ClN3O3. The van der Waals surface area contributed by atoms with Gasteiger partial charge >= 0.3 is 0 Å². The Morgan fingerprint density at radius 3 is 2.85 bits per heavy atom. The minimum atomic E-state index is -0.182. The lowest BCUT2D eigenvalue weighted by Gasteiger charge is -2.29. The molecule has 1 aromatic heterocycles. The molecule has 6 nitrogen and oxygen atoms in total. The van der Waals surface area contributed by atoms with Crippen LogP contribution >= 0.6 is 11.6 Å². The first kappa shape index (κ1) is 18.7. The number of nitriles is 1. The van der Waals surface area contributed by atoms with Crippen LogP contribution in [-0.4, -0.2) is 61.6 Å². The van der Waals surface area contributed by atoms with Gasteiger partial charge in [0.05, 0.1) is 25.7 Å². The van der Waals surface area contributed by atoms with E-state index in [1.54, 1.807) is 23.1 Å². The molecule has 0 atom stereocenters. The molecule has 2 heterocycles. The van der Waals surface area contributed by atoms with Crippen molar-refractivity contribution in [1.29, 1.82) is 5.26 Å². The van der Waals surface area contributed by atoms with E-state index in [0.29, 0.717) is 35.9 Å². The number of nitrogens with zero attached hydrogens (tertiary/aromatic N) is 3. The fourth-order valence-corrected chi connectivity index (χ4v) is 3.30. The van der Waals surface area contributed by atoms with Crippen LogP contribution in [0, 0.1) is 18.3 Å². The van der Waals surface area contributed by atoms with Crippen LogP contribution in [0.4, 0.5) is 0 Å². The van der Waals surface area contributed by atoms with Crippen molar-refractivity contribution < 1.29 is 13.9 Å². The molecule has 0 radical (unpaired) electrons. The molecule has 1 aromatic carbocycles. The first-order valence-electron chi connectivity index (χ1n) is 8.75. The molecule has 1 fully saturated rings. The van der Waals surface area contributed by atoms with Crippen molar-refractivity contribution >= 4 is 28.5 Å². The topological polar surface area (TPSA) is 69.7 Å². The van der Waals surface area contributed by atoms with Gasteiger partial charge in [0.2, 0.25) is 0 Å². The highest BCUT2D eigenvalue weighted by Crippen LogP contribution is 2.28. The van der Waals surface area contributed by atoms with Gasteiger partial charge in [-0.15, -0.1) is 0 Å². The number of amides is 1. The number of carbonyl (C=O) groups excluding carboxylic acids is 1. The summed E-state index contributed by atoms with van der Waals surface area (Å²) < 4.78 is 11.2. The Balaban J connectivity index is 1.78. The average molecular weight is 376 g/mol. The summed E-state index contributed by atoms with van der Waals surface area (Å²) in [5, 5.41) is 10.4. The second-order valence-corrected chi connectivity index (χ2v) is 6.79. The van der Waals surface area contributed by atoms with Gasteiger partial charge in [-0.3, -0.25) is 9.69 Å². The standard InChI is InChI=1S/C19H22ClN3O3/c1-14-16-13-15(20)3-4-17(16)26-18(14)19(24)23(6-2-5-21)8-7-22-9-11-25-12-10-22/h3-4,13H,2,6-12H2,1H3. The third kappa shape index (κ3) is 4.18. The van der Waals surface area contributed by atoms with Gasteiger partial charge < -0.3 is 14.1 Å². The molecule has 2 aromatic rings. The van der Waals surface area contributed by atoms with Crippen molar-refractivity contribution in [1.82, 2.24) is 9.80 Å². The first-order chi connectivity index (χ1) is 12.6. The van der Waals surface area contributed by atoms with E-state index >= 15 is 0 Å². The van der Waals surface area contributed by atoms with Crippen LogP contribution in [-0.2, 0) is 4.74 Å². The number of fused-ring (bicyclic) bond motifs is 1. The number of halogens is 1. The zero-order chi connectivity index (χ0) is 18.5. The maximum Gasteiger partial charge on any atom is 0.289 e. The average Bonchev–Trinajstić information content (AvgIpc) is 2.98. The van der Waals surface area contributed by atoms with Crippen LogP contribution in [0.5, 0.6) is 0 Å². The monoisotopic (exact) mass is 375 g/mol. The lowest BCUT2D eigenvalue weighted by molar-refractivity contribution is 0.0322. The quantitative estimate of drug-likeness (QED) is 0.776. The van der Waals surface area contributed by atoms with E-state index in [2.05, 4.69) is 11.0 Å². The molecule has 3 rings (SSSR count). The summed E-state index contributed by atoms with van der Waals surface area (Å²) >= 11 is 6.06. The van der Waals surface area contributed by atoms with Gasteiger partial charge in [0.15, 0.2) is 5.76 Å². The number of benzene rings is 1. The zero-order valence-electron chi connectivity index (χ0n) is 14.8. The second-order valence-electron chi connectivity index (χ2n) is 6.35. The van der Waals surface area contributed by atoms with Gasteiger partial charge in [-0.1, -0.05) is 11.6 Å². The third-order valence-electron chi connectivity index (χ3n) is 4.66. The Labute approximate surface area is 157 Å². The molecule has 1 saturated heterocycles. The van der Waals surface area contributed by atoms with Crippen LogP contribution in [0.25, 0.3) is 11.0 Å². The highest BCUT2D eigenvalue weighted by atomic mass is 35.5. The molecule has 0 unspecified atom stereocenters. The number of morpholine rings is 1. The van der Waals surface area contributed by atoms with Gasteiger partial charge in [0, 0.05) is 48.7 Å². The largest absolute Gasteiger partial charge is 0.451 e. The summed E-state index contributed by atoms with van der Waals surface area (Å²) in [6.07, 6.45) is 0.292. The molecule has 0 N–H and O–H groups in total. The Bertz CT molecular complexity index is 821. The predicted molar refractivity (Wildman–Crippen MR) is 99.4 cm³/mol.